The lowest BCUT2D eigenvalue weighted by molar-refractivity contribution is 0.364. The van der Waals surface area contributed by atoms with Crippen molar-refractivity contribution in [3.05, 3.63) is 29.6 Å². The topological polar surface area (TPSA) is 28.2 Å². The molecule has 0 aromatic carbocycles. The van der Waals surface area contributed by atoms with Gasteiger partial charge in [-0.2, -0.15) is 0 Å². The summed E-state index contributed by atoms with van der Waals surface area (Å²) in [6, 6.07) is 4.16. The van der Waals surface area contributed by atoms with Crippen LogP contribution < -0.4 is 5.32 Å². The lowest BCUT2D eigenvalue weighted by atomic mass is 10.2. The molecule has 1 aromatic heterocycles. The molecule has 1 N–H and O–H groups in total. The van der Waals surface area contributed by atoms with Gasteiger partial charge in [0.1, 0.15) is 0 Å². The van der Waals surface area contributed by atoms with E-state index in [1.807, 2.05) is 13.2 Å². The third kappa shape index (κ3) is 4.43. The molecule has 0 atom stereocenters. The normalized spacial score (nSPS) is 10.4. The van der Waals surface area contributed by atoms with Crippen molar-refractivity contribution < 1.29 is 0 Å². The molecule has 16 heavy (non-hydrogen) atoms. The second-order valence-corrected chi connectivity index (χ2v) is 3.81. The first-order chi connectivity index (χ1) is 7.76. The van der Waals surface area contributed by atoms with Crippen LogP contribution in [0.5, 0.6) is 0 Å². The Balaban J connectivity index is 2.48. The Kier molecular flexibility index (Phi) is 5.55. The molecule has 0 radical (unpaired) electrons. The van der Waals surface area contributed by atoms with Gasteiger partial charge in [0.25, 0.3) is 0 Å². The molecule has 1 heterocycles. The van der Waals surface area contributed by atoms with Gasteiger partial charge in [0.05, 0.1) is 12.2 Å². The molecule has 1 aromatic rings. The van der Waals surface area contributed by atoms with E-state index in [1.165, 1.54) is 5.56 Å². The Labute approximate surface area is 97.9 Å². The predicted octanol–water partition coefficient (Wildman–Crippen LogP) is 1.26. The average Bonchev–Trinajstić information content (AvgIpc) is 2.28. The summed E-state index contributed by atoms with van der Waals surface area (Å²) < 4.78 is 0. The summed E-state index contributed by atoms with van der Waals surface area (Å²) in [5.74, 6) is 2.62. The molecular formula is C13H19N3. The molecule has 1 rings (SSSR count). The van der Waals surface area contributed by atoms with Crippen LogP contribution in [0.2, 0.25) is 0 Å². The Morgan fingerprint density at radius 3 is 2.88 bits per heavy atom. The van der Waals surface area contributed by atoms with E-state index in [2.05, 4.69) is 40.2 Å². The van der Waals surface area contributed by atoms with Crippen molar-refractivity contribution in [1.82, 2.24) is 15.2 Å². The van der Waals surface area contributed by atoms with Crippen LogP contribution in [0.15, 0.2) is 18.3 Å². The molecule has 0 saturated heterocycles. The van der Waals surface area contributed by atoms with Gasteiger partial charge < -0.3 is 5.32 Å². The molecule has 0 aliphatic heterocycles. The van der Waals surface area contributed by atoms with Crippen LogP contribution in [0, 0.1) is 12.3 Å². The van der Waals surface area contributed by atoms with Crippen LogP contribution in [0.4, 0.5) is 0 Å². The smallest absolute Gasteiger partial charge is 0.0599 e. The van der Waals surface area contributed by atoms with Crippen LogP contribution >= 0.6 is 0 Å². The van der Waals surface area contributed by atoms with Crippen LogP contribution in [0.1, 0.15) is 18.2 Å². The SMILES string of the molecule is C#CCN(C)Cc1ccc(CNCC)cn1. The van der Waals surface area contributed by atoms with E-state index >= 15 is 0 Å². The standard InChI is InChI=1S/C13H19N3/c1-4-8-16(3)11-13-7-6-12(10-15-13)9-14-5-2/h1,6-7,10,14H,5,8-9,11H2,2-3H3. The van der Waals surface area contributed by atoms with E-state index < -0.39 is 0 Å². The van der Waals surface area contributed by atoms with E-state index in [1.54, 1.807) is 0 Å². The first kappa shape index (κ1) is 12.7. The van der Waals surface area contributed by atoms with Crippen molar-refractivity contribution in [2.75, 3.05) is 20.1 Å². The summed E-state index contributed by atoms with van der Waals surface area (Å²) in [6.45, 7) is 5.40. The number of rotatable bonds is 6. The largest absolute Gasteiger partial charge is 0.313 e. The fourth-order valence-electron chi connectivity index (χ4n) is 1.41. The van der Waals surface area contributed by atoms with Crippen molar-refractivity contribution in [1.29, 1.82) is 0 Å². The number of terminal acetylenes is 1. The summed E-state index contributed by atoms with van der Waals surface area (Å²) >= 11 is 0. The highest BCUT2D eigenvalue weighted by molar-refractivity contribution is 5.14. The van der Waals surface area contributed by atoms with Crippen molar-refractivity contribution >= 4 is 0 Å². The van der Waals surface area contributed by atoms with Crippen LogP contribution in [0.25, 0.3) is 0 Å². The van der Waals surface area contributed by atoms with Gasteiger partial charge in [-0.15, -0.1) is 6.42 Å². The number of hydrogen-bond acceptors (Lipinski definition) is 3. The van der Waals surface area contributed by atoms with Crippen LogP contribution in [0.3, 0.4) is 0 Å². The molecule has 0 unspecified atom stereocenters. The number of hydrogen-bond donors (Lipinski definition) is 1. The van der Waals surface area contributed by atoms with Gasteiger partial charge in [0.15, 0.2) is 0 Å². The molecule has 0 spiro atoms. The minimum atomic E-state index is 0.654. The number of pyridine rings is 1. The lowest BCUT2D eigenvalue weighted by Gasteiger charge is -2.12. The van der Waals surface area contributed by atoms with E-state index in [0.29, 0.717) is 6.54 Å². The molecule has 86 valence electrons. The lowest BCUT2D eigenvalue weighted by Crippen LogP contribution is -2.18. The quantitative estimate of drug-likeness (QED) is 0.727. The Morgan fingerprint density at radius 2 is 2.31 bits per heavy atom. The van der Waals surface area contributed by atoms with Crippen molar-refractivity contribution in [3.63, 3.8) is 0 Å². The summed E-state index contributed by atoms with van der Waals surface area (Å²) in [4.78, 5) is 6.47. The minimum absolute atomic E-state index is 0.654. The highest BCUT2D eigenvalue weighted by atomic mass is 15.1. The monoisotopic (exact) mass is 217 g/mol. The zero-order valence-electron chi connectivity index (χ0n) is 10.0. The Hall–Kier alpha value is -1.37. The number of nitrogens with zero attached hydrogens (tertiary/aromatic N) is 2. The fraction of sp³-hybridized carbons (Fsp3) is 0.462. The first-order valence-corrected chi connectivity index (χ1v) is 5.52. The summed E-state index contributed by atoms with van der Waals surface area (Å²) in [6.07, 6.45) is 7.16. The van der Waals surface area contributed by atoms with Gasteiger partial charge in [0, 0.05) is 19.3 Å². The summed E-state index contributed by atoms with van der Waals surface area (Å²) in [5, 5.41) is 3.27. The third-order valence-electron chi connectivity index (χ3n) is 2.26. The maximum atomic E-state index is 5.24. The van der Waals surface area contributed by atoms with Gasteiger partial charge >= 0.3 is 0 Å². The first-order valence-electron chi connectivity index (χ1n) is 5.52. The Bertz CT molecular complexity index is 337. The van der Waals surface area contributed by atoms with Gasteiger partial charge in [-0.1, -0.05) is 18.9 Å². The van der Waals surface area contributed by atoms with Crippen LogP contribution in [-0.4, -0.2) is 30.0 Å². The van der Waals surface area contributed by atoms with E-state index in [4.69, 9.17) is 6.42 Å². The minimum Gasteiger partial charge on any atom is -0.313 e. The van der Waals surface area contributed by atoms with E-state index in [-0.39, 0.29) is 0 Å². The average molecular weight is 217 g/mol. The number of nitrogens with one attached hydrogen (secondary N) is 1. The highest BCUT2D eigenvalue weighted by Gasteiger charge is 2.00. The molecular weight excluding hydrogens is 198 g/mol. The zero-order valence-corrected chi connectivity index (χ0v) is 10.0. The van der Waals surface area contributed by atoms with Crippen molar-refractivity contribution in [2.24, 2.45) is 0 Å². The summed E-state index contributed by atoms with van der Waals surface area (Å²) in [5.41, 5.74) is 2.27. The molecule has 0 aliphatic rings. The van der Waals surface area contributed by atoms with Gasteiger partial charge in [0.2, 0.25) is 0 Å². The van der Waals surface area contributed by atoms with E-state index in [0.717, 1.165) is 25.3 Å². The van der Waals surface area contributed by atoms with Crippen LogP contribution in [-0.2, 0) is 13.1 Å². The number of aromatic nitrogens is 1. The zero-order chi connectivity index (χ0) is 11.8. The molecule has 0 aliphatic carbocycles. The highest BCUT2D eigenvalue weighted by Crippen LogP contribution is 2.02. The third-order valence-corrected chi connectivity index (χ3v) is 2.26. The van der Waals surface area contributed by atoms with E-state index in [9.17, 15) is 0 Å². The molecule has 3 heteroatoms. The van der Waals surface area contributed by atoms with Crippen molar-refractivity contribution in [2.45, 2.75) is 20.0 Å². The Morgan fingerprint density at radius 1 is 1.50 bits per heavy atom. The molecule has 3 nitrogen and oxygen atoms in total. The molecule has 0 amide bonds. The maximum Gasteiger partial charge on any atom is 0.0599 e. The predicted molar refractivity (Wildman–Crippen MR) is 66.8 cm³/mol. The maximum absolute atomic E-state index is 5.24. The van der Waals surface area contributed by atoms with Gasteiger partial charge in [-0.25, -0.2) is 0 Å². The molecule has 0 saturated carbocycles. The molecule has 0 fully saturated rings. The van der Waals surface area contributed by atoms with Crippen molar-refractivity contribution in [3.8, 4) is 12.3 Å². The summed E-state index contributed by atoms with van der Waals surface area (Å²) in [7, 11) is 1.99. The second kappa shape index (κ2) is 7.00. The van der Waals surface area contributed by atoms with Gasteiger partial charge in [-0.05, 0) is 25.2 Å². The fourth-order valence-corrected chi connectivity index (χ4v) is 1.41. The second-order valence-electron chi connectivity index (χ2n) is 3.81. The van der Waals surface area contributed by atoms with Gasteiger partial charge in [-0.3, -0.25) is 9.88 Å². The molecule has 0 bridgehead atoms.